The van der Waals surface area contributed by atoms with Crippen LogP contribution in [-0.4, -0.2) is 34.2 Å². The molecule has 0 aliphatic rings. The van der Waals surface area contributed by atoms with Crippen LogP contribution in [0.4, 0.5) is 4.39 Å². The lowest BCUT2D eigenvalue weighted by Crippen LogP contribution is -2.24. The van der Waals surface area contributed by atoms with E-state index in [9.17, 15) is 9.18 Å². The van der Waals surface area contributed by atoms with Gasteiger partial charge in [0.1, 0.15) is 11.6 Å². The zero-order valence-electron chi connectivity index (χ0n) is 15.7. The summed E-state index contributed by atoms with van der Waals surface area (Å²) in [5.74, 6) is 0.255. The minimum atomic E-state index is -0.675. The Bertz CT molecular complexity index is 1000. The standard InChI is InChI=1S/C19H21FN4O3/c1-5-27-19-14(20)8-12(9-22-19)18(25)21-10-13-16(26-4)7-6-15-17(13)24(3)11(2)23-15/h6-9H,5,10H2,1-4H3,(H,21,25). The number of carbonyl (C=O) groups is 1. The number of rotatable bonds is 6. The molecule has 27 heavy (non-hydrogen) atoms. The highest BCUT2D eigenvalue weighted by Gasteiger charge is 2.17. The first-order valence-electron chi connectivity index (χ1n) is 8.51. The van der Waals surface area contributed by atoms with Crippen LogP contribution in [0.5, 0.6) is 11.6 Å². The minimum absolute atomic E-state index is 0.114. The second-order valence-electron chi connectivity index (χ2n) is 5.96. The lowest BCUT2D eigenvalue weighted by Gasteiger charge is -2.13. The van der Waals surface area contributed by atoms with E-state index in [-0.39, 0.29) is 18.0 Å². The van der Waals surface area contributed by atoms with Gasteiger partial charge < -0.3 is 19.4 Å². The van der Waals surface area contributed by atoms with Gasteiger partial charge in [0.25, 0.3) is 5.91 Å². The number of nitrogens with zero attached hydrogens (tertiary/aromatic N) is 3. The number of aryl methyl sites for hydroxylation is 2. The second kappa shape index (κ2) is 7.61. The third kappa shape index (κ3) is 3.55. The van der Waals surface area contributed by atoms with Gasteiger partial charge in [-0.1, -0.05) is 0 Å². The van der Waals surface area contributed by atoms with Crippen LogP contribution in [-0.2, 0) is 13.6 Å². The van der Waals surface area contributed by atoms with Gasteiger partial charge in [0.2, 0.25) is 5.88 Å². The number of aromatic nitrogens is 3. The lowest BCUT2D eigenvalue weighted by molar-refractivity contribution is 0.0950. The summed E-state index contributed by atoms with van der Waals surface area (Å²) in [5, 5.41) is 2.79. The highest BCUT2D eigenvalue weighted by atomic mass is 19.1. The van der Waals surface area contributed by atoms with Gasteiger partial charge in [0, 0.05) is 25.4 Å². The fourth-order valence-corrected chi connectivity index (χ4v) is 2.91. The maximum atomic E-state index is 13.9. The predicted molar refractivity (Wildman–Crippen MR) is 98.5 cm³/mol. The topological polar surface area (TPSA) is 78.3 Å². The van der Waals surface area contributed by atoms with E-state index >= 15 is 0 Å². The van der Waals surface area contributed by atoms with Crippen molar-refractivity contribution in [3.8, 4) is 11.6 Å². The van der Waals surface area contributed by atoms with Gasteiger partial charge in [-0.05, 0) is 32.0 Å². The summed E-state index contributed by atoms with van der Waals surface area (Å²) in [5.41, 5.74) is 2.60. The molecule has 1 N–H and O–H groups in total. The number of pyridine rings is 1. The van der Waals surface area contributed by atoms with E-state index < -0.39 is 11.7 Å². The van der Waals surface area contributed by atoms with Gasteiger partial charge >= 0.3 is 0 Å². The summed E-state index contributed by atoms with van der Waals surface area (Å²) >= 11 is 0. The maximum absolute atomic E-state index is 13.9. The number of benzene rings is 1. The summed E-state index contributed by atoms with van der Waals surface area (Å²) in [6, 6.07) is 4.80. The fraction of sp³-hybridized carbons (Fsp3) is 0.316. The quantitative estimate of drug-likeness (QED) is 0.720. The van der Waals surface area contributed by atoms with Crippen LogP contribution in [0.15, 0.2) is 24.4 Å². The molecule has 3 rings (SSSR count). The number of halogens is 1. The molecule has 0 aliphatic carbocycles. The van der Waals surface area contributed by atoms with Gasteiger partial charge in [0.05, 0.1) is 30.3 Å². The Balaban J connectivity index is 1.86. The second-order valence-corrected chi connectivity index (χ2v) is 5.96. The van der Waals surface area contributed by atoms with E-state index in [1.54, 1.807) is 14.0 Å². The molecule has 1 aromatic carbocycles. The summed E-state index contributed by atoms with van der Waals surface area (Å²) in [6.45, 7) is 4.13. The van der Waals surface area contributed by atoms with Crippen LogP contribution in [0.25, 0.3) is 11.0 Å². The number of hydrogen-bond acceptors (Lipinski definition) is 5. The highest BCUT2D eigenvalue weighted by Crippen LogP contribution is 2.28. The first-order valence-corrected chi connectivity index (χ1v) is 8.51. The third-order valence-corrected chi connectivity index (χ3v) is 4.32. The molecular weight excluding hydrogens is 351 g/mol. The van der Waals surface area contributed by atoms with Crippen molar-refractivity contribution in [1.82, 2.24) is 19.9 Å². The van der Waals surface area contributed by atoms with Crippen LogP contribution < -0.4 is 14.8 Å². The van der Waals surface area contributed by atoms with Crippen molar-refractivity contribution in [2.45, 2.75) is 20.4 Å². The number of ether oxygens (including phenoxy) is 2. The Morgan fingerprint density at radius 1 is 1.37 bits per heavy atom. The normalized spacial score (nSPS) is 10.9. The van der Waals surface area contributed by atoms with E-state index in [0.29, 0.717) is 12.4 Å². The Kier molecular flexibility index (Phi) is 5.25. The minimum Gasteiger partial charge on any atom is -0.496 e. The smallest absolute Gasteiger partial charge is 0.253 e. The van der Waals surface area contributed by atoms with Gasteiger partial charge in [-0.2, -0.15) is 0 Å². The first-order chi connectivity index (χ1) is 13.0. The summed E-state index contributed by atoms with van der Waals surface area (Å²) in [4.78, 5) is 20.8. The molecule has 0 unspecified atom stereocenters. The Morgan fingerprint density at radius 2 is 2.15 bits per heavy atom. The summed E-state index contributed by atoms with van der Waals surface area (Å²) in [6.07, 6.45) is 1.29. The molecule has 142 valence electrons. The molecule has 0 spiro atoms. The van der Waals surface area contributed by atoms with Crippen molar-refractivity contribution < 1.29 is 18.7 Å². The molecule has 0 fully saturated rings. The molecule has 2 aromatic heterocycles. The molecule has 0 atom stereocenters. The van der Waals surface area contributed by atoms with Crippen LogP contribution in [0.1, 0.15) is 28.7 Å². The maximum Gasteiger partial charge on any atom is 0.253 e. The van der Waals surface area contributed by atoms with Gasteiger partial charge in [0.15, 0.2) is 5.82 Å². The monoisotopic (exact) mass is 372 g/mol. The van der Waals surface area contributed by atoms with Crippen molar-refractivity contribution in [2.75, 3.05) is 13.7 Å². The molecule has 3 aromatic rings. The first kappa shape index (κ1) is 18.6. The fourth-order valence-electron chi connectivity index (χ4n) is 2.91. The number of hydrogen-bond donors (Lipinski definition) is 1. The summed E-state index contributed by atoms with van der Waals surface area (Å²) < 4.78 is 26.4. The third-order valence-electron chi connectivity index (χ3n) is 4.32. The number of nitrogens with one attached hydrogen (secondary N) is 1. The van der Waals surface area contributed by atoms with Crippen LogP contribution >= 0.6 is 0 Å². The molecule has 2 heterocycles. The molecule has 7 nitrogen and oxygen atoms in total. The number of methoxy groups -OCH3 is 1. The molecule has 0 radical (unpaired) electrons. The summed E-state index contributed by atoms with van der Waals surface area (Å²) in [7, 11) is 3.47. The van der Waals surface area contributed by atoms with Gasteiger partial charge in [-0.3, -0.25) is 4.79 Å². The SMILES string of the molecule is CCOc1ncc(C(=O)NCc2c(OC)ccc3nc(C)n(C)c23)cc1F. The zero-order valence-corrected chi connectivity index (χ0v) is 15.7. The number of carbonyl (C=O) groups excluding carboxylic acids is 1. The van der Waals surface area contributed by atoms with Crippen molar-refractivity contribution in [3.63, 3.8) is 0 Å². The average Bonchev–Trinajstić information content (AvgIpc) is 2.95. The van der Waals surface area contributed by atoms with Crippen molar-refractivity contribution >= 4 is 16.9 Å². The van der Waals surface area contributed by atoms with Crippen molar-refractivity contribution in [2.24, 2.45) is 7.05 Å². The van der Waals surface area contributed by atoms with Crippen molar-refractivity contribution in [1.29, 1.82) is 0 Å². The Labute approximate surface area is 156 Å². The van der Waals surface area contributed by atoms with E-state index in [1.807, 2.05) is 30.7 Å². The largest absolute Gasteiger partial charge is 0.496 e. The predicted octanol–water partition coefficient (Wildman–Crippen LogP) is 2.75. The molecule has 0 aliphatic heterocycles. The van der Waals surface area contributed by atoms with E-state index in [2.05, 4.69) is 15.3 Å². The van der Waals surface area contributed by atoms with Crippen LogP contribution in [0, 0.1) is 12.7 Å². The lowest BCUT2D eigenvalue weighted by atomic mass is 10.1. The number of fused-ring (bicyclic) bond motifs is 1. The molecular formula is C19H21FN4O3. The van der Waals surface area contributed by atoms with Crippen molar-refractivity contribution in [3.05, 3.63) is 47.2 Å². The van der Waals surface area contributed by atoms with Crippen LogP contribution in [0.2, 0.25) is 0 Å². The molecule has 0 bridgehead atoms. The van der Waals surface area contributed by atoms with E-state index in [0.717, 1.165) is 28.5 Å². The number of imidazole rings is 1. The number of amides is 1. The van der Waals surface area contributed by atoms with E-state index in [4.69, 9.17) is 9.47 Å². The van der Waals surface area contributed by atoms with E-state index in [1.165, 1.54) is 6.20 Å². The Morgan fingerprint density at radius 3 is 2.81 bits per heavy atom. The molecule has 0 saturated carbocycles. The average molecular weight is 372 g/mol. The molecule has 0 saturated heterocycles. The highest BCUT2D eigenvalue weighted by molar-refractivity contribution is 5.94. The van der Waals surface area contributed by atoms with Gasteiger partial charge in [-0.15, -0.1) is 0 Å². The molecule has 8 heteroatoms. The zero-order chi connectivity index (χ0) is 19.6. The Hall–Kier alpha value is -3.16. The molecule has 1 amide bonds. The van der Waals surface area contributed by atoms with Gasteiger partial charge in [-0.25, -0.2) is 14.4 Å². The van der Waals surface area contributed by atoms with Crippen LogP contribution in [0.3, 0.4) is 0 Å².